The van der Waals surface area contributed by atoms with Crippen molar-refractivity contribution in [3.05, 3.63) is 198 Å². The summed E-state index contributed by atoms with van der Waals surface area (Å²) in [6.45, 7) is 0. The van der Waals surface area contributed by atoms with Gasteiger partial charge in [-0.15, -0.1) is 0 Å². The normalized spacial score (nSPS) is 15.9. The molecule has 1 aliphatic carbocycles. The van der Waals surface area contributed by atoms with Crippen LogP contribution in [0, 0.1) is 0 Å². The van der Waals surface area contributed by atoms with E-state index in [0.29, 0.717) is 6.42 Å². The zero-order chi connectivity index (χ0) is 34.8. The van der Waals surface area contributed by atoms with E-state index < -0.39 is 36.9 Å². The van der Waals surface area contributed by atoms with Gasteiger partial charge < -0.3 is 0 Å². The molecule has 6 heteroatoms. The van der Waals surface area contributed by atoms with Gasteiger partial charge in [-0.3, -0.25) is 4.55 Å². The van der Waals surface area contributed by atoms with E-state index in [4.69, 9.17) is 0 Å². The van der Waals surface area contributed by atoms with Crippen molar-refractivity contribution in [1.29, 1.82) is 0 Å². The minimum atomic E-state index is -4.50. The van der Waals surface area contributed by atoms with Gasteiger partial charge in [-0.25, -0.2) is 0 Å². The lowest BCUT2D eigenvalue weighted by Gasteiger charge is -2.45. The molecule has 3 nitrogen and oxygen atoms in total. The molecule has 7 aromatic rings. The van der Waals surface area contributed by atoms with E-state index in [-0.39, 0.29) is 0 Å². The van der Waals surface area contributed by atoms with E-state index in [9.17, 15) is 13.0 Å². The lowest BCUT2D eigenvalue weighted by atomic mass is 9.82. The quantitative estimate of drug-likeness (QED) is 0.133. The second-order valence-corrected chi connectivity index (χ2v) is 19.0. The van der Waals surface area contributed by atoms with Crippen LogP contribution in [0.3, 0.4) is 0 Å². The summed E-state index contributed by atoms with van der Waals surface area (Å²) in [6, 6.07) is 63.2. The second kappa shape index (κ2) is 14.1. The topological polar surface area (TPSA) is 54.4 Å². The van der Waals surface area contributed by atoms with Crippen molar-refractivity contribution in [3.8, 4) is 0 Å². The first-order valence-corrected chi connectivity index (χ1v) is 21.3. The Morgan fingerprint density at radius 3 is 1.61 bits per heavy atom. The van der Waals surface area contributed by atoms with Crippen molar-refractivity contribution in [3.63, 3.8) is 0 Å². The smallest absolute Gasteiger partial charge is 0.266 e. The van der Waals surface area contributed by atoms with Crippen LogP contribution < -0.4 is 37.0 Å². The Bertz CT molecular complexity index is 2480. The molecule has 0 aliphatic heterocycles. The van der Waals surface area contributed by atoms with Crippen molar-refractivity contribution in [2.24, 2.45) is 0 Å². The van der Waals surface area contributed by atoms with Crippen LogP contribution in [0.4, 0.5) is 0 Å². The van der Waals surface area contributed by atoms with E-state index >= 15 is 0 Å². The van der Waals surface area contributed by atoms with Gasteiger partial charge in [0.25, 0.3) is 10.1 Å². The van der Waals surface area contributed by atoms with Crippen molar-refractivity contribution < 1.29 is 13.0 Å². The van der Waals surface area contributed by atoms with Gasteiger partial charge in [-0.05, 0) is 81.1 Å². The molecule has 1 N–H and O–H groups in total. The third kappa shape index (κ3) is 6.50. The molecule has 51 heavy (non-hydrogen) atoms. The van der Waals surface area contributed by atoms with Crippen molar-refractivity contribution in [2.75, 3.05) is 5.75 Å². The maximum Gasteiger partial charge on any atom is 0.266 e. The molecule has 8 rings (SSSR count). The minimum Gasteiger partial charge on any atom is -0.286 e. The average Bonchev–Trinajstić information content (AvgIpc) is 3.16. The Morgan fingerprint density at radius 2 is 1.04 bits per heavy atom. The SMILES string of the molecule is O=S(=O)(O)CC1(P(c2ccccc2)c2ccccc2)CC=c2ccccc2=C1c1c(P(c2ccccc2)c2ccccc2)ccc2ccccc12. The van der Waals surface area contributed by atoms with Gasteiger partial charge >= 0.3 is 0 Å². The largest absolute Gasteiger partial charge is 0.286 e. The molecular formula is C45H36O3P2S. The molecule has 1 unspecified atom stereocenters. The molecule has 1 aliphatic rings. The zero-order valence-corrected chi connectivity index (χ0v) is 30.5. The highest BCUT2D eigenvalue weighted by Crippen LogP contribution is 2.58. The standard InChI is InChI=1S/C45H36O3P2S/c46-51(47,48)33-45(50(38-23-9-3-10-24-38)39-25-11-4-12-26-39)32-31-35-18-14-16-28-41(35)44(45)43-40-27-15-13-17-34(40)29-30-42(43)49(36-19-5-1-6-20-36)37-21-7-2-8-22-37/h1-31H,32-33H2,(H,46,47,48). The highest BCUT2D eigenvalue weighted by Gasteiger charge is 2.49. The van der Waals surface area contributed by atoms with Crippen LogP contribution >= 0.6 is 15.8 Å². The molecule has 0 saturated heterocycles. The Kier molecular flexibility index (Phi) is 9.28. The first kappa shape index (κ1) is 33.5. The molecule has 0 amide bonds. The van der Waals surface area contributed by atoms with Gasteiger partial charge in [0.05, 0.1) is 5.75 Å². The Hall–Kier alpha value is -4.69. The molecule has 0 spiro atoms. The van der Waals surface area contributed by atoms with Gasteiger partial charge in [0.15, 0.2) is 0 Å². The summed E-state index contributed by atoms with van der Waals surface area (Å²) in [5.74, 6) is -0.424. The first-order valence-electron chi connectivity index (χ1n) is 17.0. The van der Waals surface area contributed by atoms with Crippen LogP contribution in [0.1, 0.15) is 12.0 Å². The number of benzene rings is 7. The number of hydrogen-bond donors (Lipinski definition) is 1. The van der Waals surface area contributed by atoms with Crippen LogP contribution in [0.25, 0.3) is 22.4 Å². The molecular weight excluding hydrogens is 683 g/mol. The molecule has 7 aromatic carbocycles. The number of hydrogen-bond acceptors (Lipinski definition) is 2. The summed E-state index contributed by atoms with van der Waals surface area (Å²) in [5.41, 5.74) is 2.03. The highest BCUT2D eigenvalue weighted by atomic mass is 32.2. The van der Waals surface area contributed by atoms with E-state index in [1.54, 1.807) is 0 Å². The summed E-state index contributed by atoms with van der Waals surface area (Å²) >= 11 is 0. The fraction of sp³-hybridized carbons (Fsp3) is 0.0667. The lowest BCUT2D eigenvalue weighted by Crippen LogP contribution is -2.50. The molecule has 0 heterocycles. The molecule has 250 valence electrons. The summed E-state index contributed by atoms with van der Waals surface area (Å²) in [4.78, 5) is 0. The zero-order valence-electron chi connectivity index (χ0n) is 27.9. The van der Waals surface area contributed by atoms with Gasteiger partial charge in [-0.1, -0.05) is 188 Å². The van der Waals surface area contributed by atoms with E-state index in [2.05, 4.69) is 140 Å². The third-order valence-electron chi connectivity index (χ3n) is 9.66. The summed E-state index contributed by atoms with van der Waals surface area (Å²) in [7, 11) is -6.99. The lowest BCUT2D eigenvalue weighted by molar-refractivity contribution is 0.478. The molecule has 0 bridgehead atoms. The van der Waals surface area contributed by atoms with E-state index in [1.165, 1.54) is 10.6 Å². The maximum absolute atomic E-state index is 13.6. The van der Waals surface area contributed by atoms with Crippen LogP contribution in [0.2, 0.25) is 0 Å². The second-order valence-electron chi connectivity index (χ2n) is 12.8. The Morgan fingerprint density at radius 1 is 0.549 bits per heavy atom. The summed E-state index contributed by atoms with van der Waals surface area (Å²) in [5, 5.41) is 8.87. The number of rotatable bonds is 9. The third-order valence-corrected chi connectivity index (χ3v) is 16.3. The van der Waals surface area contributed by atoms with Gasteiger partial charge in [0.2, 0.25) is 0 Å². The average molecular weight is 719 g/mol. The fourth-order valence-electron chi connectivity index (χ4n) is 7.69. The highest BCUT2D eigenvalue weighted by molar-refractivity contribution is 7.87. The van der Waals surface area contributed by atoms with Crippen LogP contribution in [-0.4, -0.2) is 23.9 Å². The van der Waals surface area contributed by atoms with Gasteiger partial charge in [0, 0.05) is 5.16 Å². The van der Waals surface area contributed by atoms with Crippen LogP contribution in [-0.2, 0) is 10.1 Å². The monoisotopic (exact) mass is 718 g/mol. The fourth-order valence-corrected chi connectivity index (χ4v) is 15.0. The van der Waals surface area contributed by atoms with Crippen molar-refractivity contribution >= 4 is 74.9 Å². The molecule has 0 fully saturated rings. The first-order chi connectivity index (χ1) is 24.9. The summed E-state index contributed by atoms with van der Waals surface area (Å²) < 4.78 is 38.4. The van der Waals surface area contributed by atoms with Gasteiger partial charge in [0.1, 0.15) is 0 Å². The molecule has 0 saturated carbocycles. The summed E-state index contributed by atoms with van der Waals surface area (Å²) in [6.07, 6.45) is 2.62. The molecule has 1 atom stereocenters. The molecule has 0 radical (unpaired) electrons. The van der Waals surface area contributed by atoms with Gasteiger partial charge in [-0.2, -0.15) is 8.42 Å². The van der Waals surface area contributed by atoms with E-state index in [0.717, 1.165) is 48.3 Å². The Balaban J connectivity index is 1.58. The van der Waals surface area contributed by atoms with Crippen LogP contribution in [0.15, 0.2) is 182 Å². The van der Waals surface area contributed by atoms with Crippen molar-refractivity contribution in [2.45, 2.75) is 11.6 Å². The minimum absolute atomic E-state index is 0.424. The predicted octanol–water partition coefficient (Wildman–Crippen LogP) is 6.74. The molecule has 0 aromatic heterocycles. The Labute approximate surface area is 301 Å². The van der Waals surface area contributed by atoms with Crippen LogP contribution in [0.5, 0.6) is 0 Å². The maximum atomic E-state index is 13.6. The van der Waals surface area contributed by atoms with Crippen molar-refractivity contribution in [1.82, 2.24) is 0 Å². The predicted molar refractivity (Wildman–Crippen MR) is 218 cm³/mol. The van der Waals surface area contributed by atoms with E-state index in [1.807, 2.05) is 48.5 Å². The number of fused-ring (bicyclic) bond motifs is 2.